The number of phenolic OH excluding ortho intramolecular Hbond substituents is 1. The van der Waals surface area contributed by atoms with E-state index in [1.807, 2.05) is 20.8 Å². The van der Waals surface area contributed by atoms with Gasteiger partial charge in [0.1, 0.15) is 5.75 Å². The molecule has 0 atom stereocenters. The predicted octanol–water partition coefficient (Wildman–Crippen LogP) is 3.67. The van der Waals surface area contributed by atoms with Gasteiger partial charge in [0.05, 0.1) is 15.5 Å². The van der Waals surface area contributed by atoms with Crippen LogP contribution in [0.25, 0.3) is 0 Å². The summed E-state index contributed by atoms with van der Waals surface area (Å²) in [5, 5.41) is 20.5. The monoisotopic (exact) mass is 287 g/mol. The van der Waals surface area contributed by atoms with E-state index in [2.05, 4.69) is 15.9 Å². The van der Waals surface area contributed by atoms with E-state index in [9.17, 15) is 15.2 Å². The summed E-state index contributed by atoms with van der Waals surface area (Å²) in [5.41, 5.74) is 1.03. The van der Waals surface area contributed by atoms with Crippen molar-refractivity contribution in [1.82, 2.24) is 0 Å². The normalized spacial score (nSPS) is 11.6. The van der Waals surface area contributed by atoms with Crippen LogP contribution < -0.4 is 0 Å². The quantitative estimate of drug-likeness (QED) is 0.633. The van der Waals surface area contributed by atoms with Crippen LogP contribution in [0.5, 0.6) is 5.75 Å². The Balaban J connectivity index is 3.66. The second-order valence-electron chi connectivity index (χ2n) is 4.74. The summed E-state index contributed by atoms with van der Waals surface area (Å²) in [5.74, 6) is -0.0952. The standard InChI is InChI=1S/C11H14BrNO3/c1-6-7(13(15)16)5-8(14)10(12)9(6)11(2,3)4/h5,14H,1-4H3. The molecular weight excluding hydrogens is 274 g/mol. The van der Waals surface area contributed by atoms with Crippen LogP contribution in [-0.4, -0.2) is 10.0 Å². The van der Waals surface area contributed by atoms with Gasteiger partial charge < -0.3 is 5.11 Å². The topological polar surface area (TPSA) is 63.4 Å². The van der Waals surface area contributed by atoms with Crippen LogP contribution in [0.1, 0.15) is 31.9 Å². The number of aromatic hydroxyl groups is 1. The lowest BCUT2D eigenvalue weighted by molar-refractivity contribution is -0.385. The first-order chi connectivity index (χ1) is 7.16. The highest BCUT2D eigenvalue weighted by Gasteiger charge is 2.27. The van der Waals surface area contributed by atoms with Crippen LogP contribution in [0.3, 0.4) is 0 Å². The lowest BCUT2D eigenvalue weighted by atomic mass is 9.83. The van der Waals surface area contributed by atoms with Gasteiger partial charge in [-0.3, -0.25) is 10.1 Å². The fraction of sp³-hybridized carbons (Fsp3) is 0.455. The Morgan fingerprint density at radius 2 is 1.94 bits per heavy atom. The largest absolute Gasteiger partial charge is 0.506 e. The summed E-state index contributed by atoms with van der Waals surface area (Å²) in [4.78, 5) is 10.4. The first-order valence-electron chi connectivity index (χ1n) is 4.83. The Labute approximate surface area is 103 Å². The smallest absolute Gasteiger partial charge is 0.276 e. The maximum atomic E-state index is 10.8. The Kier molecular flexibility index (Phi) is 3.28. The van der Waals surface area contributed by atoms with Crippen molar-refractivity contribution in [3.05, 3.63) is 31.8 Å². The van der Waals surface area contributed by atoms with Crippen LogP contribution in [0.15, 0.2) is 10.5 Å². The third-order valence-corrected chi connectivity index (χ3v) is 3.23. The average molecular weight is 288 g/mol. The molecule has 0 saturated carbocycles. The molecule has 5 heteroatoms. The van der Waals surface area contributed by atoms with Crippen LogP contribution in [0.4, 0.5) is 5.69 Å². The van der Waals surface area contributed by atoms with Gasteiger partial charge in [0.25, 0.3) is 5.69 Å². The summed E-state index contributed by atoms with van der Waals surface area (Å²) in [7, 11) is 0. The third-order valence-electron chi connectivity index (χ3n) is 2.42. The van der Waals surface area contributed by atoms with E-state index in [-0.39, 0.29) is 16.9 Å². The molecule has 4 nitrogen and oxygen atoms in total. The van der Waals surface area contributed by atoms with Gasteiger partial charge in [-0.2, -0.15) is 0 Å². The summed E-state index contributed by atoms with van der Waals surface area (Å²) >= 11 is 3.28. The Hall–Kier alpha value is -1.10. The molecule has 0 radical (unpaired) electrons. The van der Waals surface area contributed by atoms with E-state index in [1.54, 1.807) is 6.92 Å². The average Bonchev–Trinajstić information content (AvgIpc) is 2.08. The first-order valence-corrected chi connectivity index (χ1v) is 5.62. The molecule has 1 N–H and O–H groups in total. The van der Waals surface area contributed by atoms with Crippen molar-refractivity contribution in [3.8, 4) is 5.75 Å². The summed E-state index contributed by atoms with van der Waals surface area (Å²) in [6, 6.07) is 1.18. The van der Waals surface area contributed by atoms with Crippen molar-refractivity contribution in [2.45, 2.75) is 33.1 Å². The Morgan fingerprint density at radius 1 is 1.44 bits per heavy atom. The summed E-state index contributed by atoms with van der Waals surface area (Å²) < 4.78 is 0.531. The van der Waals surface area contributed by atoms with Gasteiger partial charge in [-0.15, -0.1) is 0 Å². The number of halogens is 1. The third kappa shape index (κ3) is 2.19. The second-order valence-corrected chi connectivity index (χ2v) is 5.53. The van der Waals surface area contributed by atoms with E-state index >= 15 is 0 Å². The van der Waals surface area contributed by atoms with E-state index in [4.69, 9.17) is 0 Å². The molecule has 0 aromatic heterocycles. The minimum absolute atomic E-state index is 0.0503. The van der Waals surface area contributed by atoms with E-state index in [0.717, 1.165) is 5.56 Å². The van der Waals surface area contributed by atoms with Gasteiger partial charge in [0, 0.05) is 5.56 Å². The maximum absolute atomic E-state index is 10.8. The van der Waals surface area contributed by atoms with Gasteiger partial charge in [-0.1, -0.05) is 20.8 Å². The molecule has 0 amide bonds. The lowest BCUT2D eigenvalue weighted by Crippen LogP contribution is -2.15. The van der Waals surface area contributed by atoms with Gasteiger partial charge in [0.15, 0.2) is 0 Å². The molecule has 1 aromatic rings. The van der Waals surface area contributed by atoms with Crippen molar-refractivity contribution < 1.29 is 10.0 Å². The zero-order chi connectivity index (χ0) is 12.7. The summed E-state index contributed by atoms with van der Waals surface area (Å²) in [6.45, 7) is 7.54. The molecular formula is C11H14BrNO3. The summed E-state index contributed by atoms with van der Waals surface area (Å²) in [6.07, 6.45) is 0. The van der Waals surface area contributed by atoms with Crippen LogP contribution in [0.2, 0.25) is 0 Å². The minimum Gasteiger partial charge on any atom is -0.506 e. The molecule has 0 heterocycles. The molecule has 0 aliphatic rings. The zero-order valence-electron chi connectivity index (χ0n) is 9.67. The number of rotatable bonds is 1. The molecule has 16 heavy (non-hydrogen) atoms. The molecule has 0 unspecified atom stereocenters. The zero-order valence-corrected chi connectivity index (χ0v) is 11.3. The molecule has 0 aliphatic carbocycles. The molecule has 88 valence electrons. The van der Waals surface area contributed by atoms with Crippen molar-refractivity contribution in [2.75, 3.05) is 0 Å². The number of phenols is 1. The Bertz CT molecular complexity index is 450. The second kappa shape index (κ2) is 4.05. The fourth-order valence-electron chi connectivity index (χ4n) is 1.80. The van der Waals surface area contributed by atoms with Gasteiger partial charge in [-0.25, -0.2) is 0 Å². The Morgan fingerprint density at radius 3 is 2.31 bits per heavy atom. The number of nitrogens with zero attached hydrogens (tertiary/aromatic N) is 1. The highest BCUT2D eigenvalue weighted by Crippen LogP contribution is 2.42. The van der Waals surface area contributed by atoms with Crippen molar-refractivity contribution in [1.29, 1.82) is 0 Å². The molecule has 0 fully saturated rings. The van der Waals surface area contributed by atoms with Crippen molar-refractivity contribution in [2.24, 2.45) is 0 Å². The number of benzene rings is 1. The SMILES string of the molecule is Cc1c([N+](=O)[O-])cc(O)c(Br)c1C(C)(C)C. The van der Waals surface area contributed by atoms with E-state index < -0.39 is 4.92 Å². The van der Waals surface area contributed by atoms with Gasteiger partial charge >= 0.3 is 0 Å². The number of nitro groups is 1. The van der Waals surface area contributed by atoms with Crippen molar-refractivity contribution >= 4 is 21.6 Å². The predicted molar refractivity (Wildman–Crippen MR) is 65.9 cm³/mol. The molecule has 0 aliphatic heterocycles. The van der Waals surface area contributed by atoms with E-state index in [1.165, 1.54) is 6.07 Å². The molecule has 1 aromatic carbocycles. The lowest BCUT2D eigenvalue weighted by Gasteiger charge is -2.23. The van der Waals surface area contributed by atoms with Crippen LogP contribution >= 0.6 is 15.9 Å². The number of hydrogen-bond acceptors (Lipinski definition) is 3. The minimum atomic E-state index is -0.475. The highest BCUT2D eigenvalue weighted by atomic mass is 79.9. The maximum Gasteiger partial charge on any atom is 0.276 e. The highest BCUT2D eigenvalue weighted by molar-refractivity contribution is 9.10. The van der Waals surface area contributed by atoms with Crippen molar-refractivity contribution in [3.63, 3.8) is 0 Å². The van der Waals surface area contributed by atoms with E-state index in [0.29, 0.717) is 10.0 Å². The van der Waals surface area contributed by atoms with Gasteiger partial charge in [-0.05, 0) is 33.8 Å². The molecule has 0 spiro atoms. The van der Waals surface area contributed by atoms with Gasteiger partial charge in [0.2, 0.25) is 0 Å². The number of hydrogen-bond donors (Lipinski definition) is 1. The molecule has 0 bridgehead atoms. The fourth-order valence-corrected chi connectivity index (χ4v) is 2.81. The molecule has 0 saturated heterocycles. The first kappa shape index (κ1) is 13.0. The van der Waals surface area contributed by atoms with Crippen LogP contribution in [-0.2, 0) is 5.41 Å². The number of nitro benzene ring substituents is 1. The molecule has 1 rings (SSSR count). The van der Waals surface area contributed by atoms with Crippen LogP contribution in [0, 0.1) is 17.0 Å².